The van der Waals surface area contributed by atoms with Crippen molar-refractivity contribution in [2.45, 2.75) is 24.5 Å². The lowest BCUT2D eigenvalue weighted by Crippen LogP contribution is -2.18. The van der Waals surface area contributed by atoms with E-state index in [1.807, 2.05) is 5.43 Å². The Morgan fingerprint density at radius 2 is 1.03 bits per heavy atom. The van der Waals surface area contributed by atoms with Crippen LogP contribution in [0, 0.1) is 0 Å². The van der Waals surface area contributed by atoms with E-state index in [2.05, 4.69) is 24.0 Å². The van der Waals surface area contributed by atoms with Gasteiger partial charge in [0.05, 0.1) is 57.0 Å². The Bertz CT molecular complexity index is 3210. The van der Waals surface area contributed by atoms with E-state index in [1.54, 1.807) is 0 Å². The molecule has 0 spiro atoms. The summed E-state index contributed by atoms with van der Waals surface area (Å²) in [4.78, 5) is -4.88. The van der Waals surface area contributed by atoms with Crippen molar-refractivity contribution in [3.8, 4) is 5.75 Å². The van der Waals surface area contributed by atoms with Gasteiger partial charge < -0.3 is 10.8 Å². The van der Waals surface area contributed by atoms with E-state index in [0.717, 1.165) is 24.3 Å². The first-order valence-electron chi connectivity index (χ1n) is 15.1. The van der Waals surface area contributed by atoms with E-state index in [1.165, 1.54) is 0 Å². The summed E-state index contributed by atoms with van der Waals surface area (Å²) in [5, 5.41) is 17.5. The van der Waals surface area contributed by atoms with Crippen LogP contribution < -0.4 is 16.6 Å². The number of phenols is 1. The quantitative estimate of drug-likeness (QED) is 0.0220. The molecule has 0 aliphatic carbocycles. The highest BCUT2D eigenvalue weighted by Crippen LogP contribution is 2.47. The van der Waals surface area contributed by atoms with Crippen molar-refractivity contribution >= 4 is 110 Å². The number of nitrogens with one attached hydrogen (secondary N) is 2. The van der Waals surface area contributed by atoms with E-state index in [4.69, 9.17) is 14.8 Å². The molecule has 4 aromatic rings. The van der Waals surface area contributed by atoms with Crippen LogP contribution in [-0.4, -0.2) is 112 Å². The number of anilines is 3. The minimum atomic E-state index is -5.44. The molecule has 0 amide bonds. The zero-order chi connectivity index (χ0) is 45.4. The Hall–Kier alpha value is -4.69. The molecule has 0 fully saturated rings. The molecule has 0 aliphatic rings. The predicted octanol–water partition coefficient (Wildman–Crippen LogP) is 0.908. The van der Waals surface area contributed by atoms with Crippen molar-refractivity contribution in [2.75, 3.05) is 41.3 Å². The zero-order valence-corrected chi connectivity index (χ0v) is 34.8. The van der Waals surface area contributed by atoms with E-state index in [9.17, 15) is 77.7 Å². The summed E-state index contributed by atoms with van der Waals surface area (Å²) in [5.41, 5.74) is 6.49. The van der Waals surface area contributed by atoms with Crippen LogP contribution >= 0.6 is 0 Å². The number of benzene rings is 4. The number of hydrogen-bond acceptors (Lipinski definition) is 22. The molecule has 34 heteroatoms. The van der Waals surface area contributed by atoms with Crippen molar-refractivity contribution in [2.24, 2.45) is 10.2 Å². The third-order valence-corrected chi connectivity index (χ3v) is 14.4. The van der Waals surface area contributed by atoms with Crippen LogP contribution in [0.3, 0.4) is 0 Å². The van der Waals surface area contributed by atoms with Gasteiger partial charge in [0.15, 0.2) is 25.4 Å². The fourth-order valence-electron chi connectivity index (χ4n) is 4.85. The molecule has 4 rings (SSSR count). The number of nitrogen functional groups attached to an aromatic ring is 1. The summed E-state index contributed by atoms with van der Waals surface area (Å²) in [5.74, 6) is -3.28. The van der Waals surface area contributed by atoms with E-state index in [0.29, 0.717) is 30.3 Å². The first-order valence-corrected chi connectivity index (χ1v) is 25.5. The van der Waals surface area contributed by atoms with Crippen LogP contribution in [-0.2, 0) is 79.2 Å². The molecule has 27 nitrogen and oxygen atoms in total. The van der Waals surface area contributed by atoms with Crippen LogP contribution in [0.1, 0.15) is 0 Å². The third-order valence-electron chi connectivity index (χ3n) is 7.44. The fourth-order valence-corrected chi connectivity index (χ4v) is 9.95. The minimum absolute atomic E-state index is 0.207. The highest BCUT2D eigenvalue weighted by Gasteiger charge is 2.29. The summed E-state index contributed by atoms with van der Waals surface area (Å²) in [6, 6.07) is 6.80. The number of azo groups is 1. The molecule has 0 atom stereocenters. The molecule has 0 unspecified atom stereocenters. The zero-order valence-electron chi connectivity index (χ0n) is 29.1. The SMILES string of the molecule is Nc1c(/N=N/c2ccc(S(=O)(=O)CCOS(=O)(=O)O)cc2)c(S(=O)(=O)O)cc2cc(S(=O)(=O)O)c(NNc3ccc(S(=O)(=O)CCOS(=O)(=O)O)cc3S(=O)(=O)O)c(O)c12. The highest BCUT2D eigenvalue weighted by molar-refractivity contribution is 7.92. The van der Waals surface area contributed by atoms with Crippen LogP contribution in [0.15, 0.2) is 89.3 Å². The molecule has 4 aromatic carbocycles. The van der Waals surface area contributed by atoms with Crippen molar-refractivity contribution in [1.29, 1.82) is 0 Å². The normalized spacial score (nSPS) is 13.5. The molecule has 330 valence electrons. The standard InChI is InChI=1S/C26H27N5O22S7/c27-23-22-14(11-20(57(40,41)42)24(23)30-28-15-1-3-16(4-2-15)54(33,34)9-7-52-59(46,47)48)12-21(58(43,44)45)25(26(22)32)31-29-18-6-5-17(13-19(18)56(37,38)39)55(35,36)10-8-53-60(49,50)51/h1-6,11-13,29,31-32H,7-10,27H2,(H,37,38,39)(H,40,41,42)(H,43,44,45)(H,46,47,48)(H,49,50,51)/b30-28+. The van der Waals surface area contributed by atoms with E-state index < -0.39 is 159 Å². The first-order chi connectivity index (χ1) is 27.2. The average Bonchev–Trinajstić information content (AvgIpc) is 3.08. The van der Waals surface area contributed by atoms with Gasteiger partial charge in [-0.05, 0) is 60.0 Å². The van der Waals surface area contributed by atoms with E-state index >= 15 is 0 Å². The second-order valence-corrected chi connectivity index (χ2v) is 22.1. The van der Waals surface area contributed by atoms with E-state index in [-0.39, 0.29) is 5.69 Å². The van der Waals surface area contributed by atoms with Crippen LogP contribution in [0.2, 0.25) is 0 Å². The molecule has 0 heterocycles. The molecule has 0 aromatic heterocycles. The topological polar surface area (TPSA) is 454 Å². The number of sulfone groups is 2. The monoisotopic (exact) mass is 985 g/mol. The molecule has 60 heavy (non-hydrogen) atoms. The maximum atomic E-state index is 12.7. The van der Waals surface area contributed by atoms with Gasteiger partial charge in [-0.25, -0.2) is 25.2 Å². The first kappa shape index (κ1) is 48.0. The Morgan fingerprint density at radius 3 is 1.52 bits per heavy atom. The van der Waals surface area contributed by atoms with Gasteiger partial charge in [0.25, 0.3) is 30.4 Å². The minimum Gasteiger partial charge on any atom is -0.505 e. The van der Waals surface area contributed by atoms with Gasteiger partial charge in [-0.3, -0.25) is 33.6 Å². The summed E-state index contributed by atoms with van der Waals surface area (Å²) in [6.07, 6.45) is 0. The number of nitrogens with zero attached hydrogens (tertiary/aromatic N) is 2. The molecular weight excluding hydrogens is 959 g/mol. The van der Waals surface area contributed by atoms with Gasteiger partial charge in [0, 0.05) is 0 Å². The molecular formula is C26H27N5O22S7. The summed E-state index contributed by atoms with van der Waals surface area (Å²) < 4.78 is 222. The van der Waals surface area contributed by atoms with Gasteiger partial charge in [-0.2, -0.15) is 47.2 Å². The molecule has 0 radical (unpaired) electrons. The second kappa shape index (κ2) is 17.0. The number of hydrazine groups is 1. The summed E-state index contributed by atoms with van der Waals surface area (Å²) in [7, 11) is -34.9. The number of aromatic hydroxyl groups is 1. The fraction of sp³-hybridized carbons (Fsp3) is 0.154. The van der Waals surface area contributed by atoms with Crippen molar-refractivity contribution in [3.63, 3.8) is 0 Å². The molecule has 10 N–H and O–H groups in total. The van der Waals surface area contributed by atoms with Gasteiger partial charge in [0.1, 0.15) is 26.1 Å². The lowest BCUT2D eigenvalue weighted by molar-refractivity contribution is 0.282. The number of rotatable bonds is 18. The summed E-state index contributed by atoms with van der Waals surface area (Å²) in [6.45, 7) is -2.06. The Labute approximate surface area is 339 Å². The maximum absolute atomic E-state index is 12.7. The average molecular weight is 986 g/mol. The number of nitrogens with two attached hydrogens (primary N) is 1. The molecule has 0 bridgehead atoms. The van der Waals surface area contributed by atoms with Gasteiger partial charge in [0.2, 0.25) is 0 Å². The molecule has 0 saturated carbocycles. The molecule has 0 saturated heterocycles. The smallest absolute Gasteiger partial charge is 0.397 e. The Morgan fingerprint density at radius 1 is 0.567 bits per heavy atom. The van der Waals surface area contributed by atoms with Gasteiger partial charge in [-0.15, -0.1) is 5.11 Å². The van der Waals surface area contributed by atoms with Crippen molar-refractivity contribution in [3.05, 3.63) is 54.6 Å². The largest absolute Gasteiger partial charge is 0.505 e. The molecule has 0 aliphatic heterocycles. The predicted molar refractivity (Wildman–Crippen MR) is 203 cm³/mol. The van der Waals surface area contributed by atoms with Crippen LogP contribution in [0.25, 0.3) is 10.8 Å². The third kappa shape index (κ3) is 12.0. The number of fused-ring (bicyclic) bond motifs is 1. The second-order valence-electron chi connectivity index (χ2n) is 11.5. The van der Waals surface area contributed by atoms with Gasteiger partial charge in [-0.1, -0.05) is 0 Å². The van der Waals surface area contributed by atoms with Crippen molar-refractivity contribution in [1.82, 2.24) is 0 Å². The highest BCUT2D eigenvalue weighted by atomic mass is 32.3. The number of phenolic OH excluding ortho intramolecular Hbond substituents is 1. The van der Waals surface area contributed by atoms with Crippen LogP contribution in [0.5, 0.6) is 5.75 Å². The lowest BCUT2D eigenvalue weighted by Gasteiger charge is -2.19. The Balaban J connectivity index is 1.80. The maximum Gasteiger partial charge on any atom is 0.397 e. The van der Waals surface area contributed by atoms with Crippen molar-refractivity contribution < 1.29 is 95.2 Å². The summed E-state index contributed by atoms with van der Waals surface area (Å²) >= 11 is 0. The Kier molecular flexibility index (Phi) is 13.6. The van der Waals surface area contributed by atoms with Crippen LogP contribution in [0.4, 0.5) is 28.4 Å². The number of hydrogen-bond donors (Lipinski definition) is 9. The van der Waals surface area contributed by atoms with Gasteiger partial charge >= 0.3 is 20.8 Å². The lowest BCUT2D eigenvalue weighted by atomic mass is 10.0.